The first-order valence-electron chi connectivity index (χ1n) is 4.39. The van der Waals surface area contributed by atoms with Crippen molar-refractivity contribution in [1.29, 1.82) is 0 Å². The SMILES string of the molecule is CCN=C1CCc2cccnc21. The highest BCUT2D eigenvalue weighted by Crippen LogP contribution is 2.19. The fourth-order valence-electron chi connectivity index (χ4n) is 1.62. The molecule has 0 saturated heterocycles. The zero-order chi connectivity index (χ0) is 8.39. The van der Waals surface area contributed by atoms with Gasteiger partial charge in [-0.2, -0.15) is 0 Å². The Balaban J connectivity index is 2.43. The number of aliphatic imine (C=N–C) groups is 1. The Morgan fingerprint density at radius 2 is 2.42 bits per heavy atom. The Morgan fingerprint density at radius 1 is 1.50 bits per heavy atom. The zero-order valence-electron chi connectivity index (χ0n) is 7.25. The first-order chi connectivity index (χ1) is 5.92. The summed E-state index contributed by atoms with van der Waals surface area (Å²) in [4.78, 5) is 8.75. The Hall–Kier alpha value is -1.18. The maximum absolute atomic E-state index is 4.42. The summed E-state index contributed by atoms with van der Waals surface area (Å²) >= 11 is 0. The topological polar surface area (TPSA) is 25.2 Å². The summed E-state index contributed by atoms with van der Waals surface area (Å²) < 4.78 is 0. The lowest BCUT2D eigenvalue weighted by molar-refractivity contribution is 1.06. The molecule has 0 amide bonds. The molecule has 0 spiro atoms. The zero-order valence-corrected chi connectivity index (χ0v) is 7.25. The van der Waals surface area contributed by atoms with Crippen molar-refractivity contribution in [2.45, 2.75) is 19.8 Å². The minimum atomic E-state index is 0.866. The van der Waals surface area contributed by atoms with Crippen LogP contribution >= 0.6 is 0 Å². The third-order valence-electron chi connectivity index (χ3n) is 2.14. The van der Waals surface area contributed by atoms with E-state index >= 15 is 0 Å². The van der Waals surface area contributed by atoms with E-state index in [9.17, 15) is 0 Å². The average Bonchev–Trinajstić information content (AvgIpc) is 2.50. The van der Waals surface area contributed by atoms with Crippen LogP contribution in [0.1, 0.15) is 24.6 Å². The van der Waals surface area contributed by atoms with E-state index < -0.39 is 0 Å². The van der Waals surface area contributed by atoms with E-state index in [2.05, 4.69) is 23.0 Å². The van der Waals surface area contributed by atoms with E-state index in [0.29, 0.717) is 0 Å². The van der Waals surface area contributed by atoms with Gasteiger partial charge in [-0.15, -0.1) is 0 Å². The molecule has 0 fully saturated rings. The monoisotopic (exact) mass is 160 g/mol. The summed E-state index contributed by atoms with van der Waals surface area (Å²) in [6.45, 7) is 2.93. The number of aryl methyl sites for hydroxylation is 1. The van der Waals surface area contributed by atoms with Crippen molar-refractivity contribution in [3.63, 3.8) is 0 Å². The maximum Gasteiger partial charge on any atom is 0.0872 e. The molecule has 1 heterocycles. The van der Waals surface area contributed by atoms with Crippen LogP contribution in [0.5, 0.6) is 0 Å². The number of aromatic nitrogens is 1. The molecule has 2 nitrogen and oxygen atoms in total. The van der Waals surface area contributed by atoms with Crippen LogP contribution < -0.4 is 0 Å². The number of fused-ring (bicyclic) bond motifs is 1. The van der Waals surface area contributed by atoms with E-state index in [1.807, 2.05) is 12.3 Å². The molecule has 0 radical (unpaired) electrons. The van der Waals surface area contributed by atoms with Crippen LogP contribution in [0.4, 0.5) is 0 Å². The van der Waals surface area contributed by atoms with E-state index in [1.54, 1.807) is 0 Å². The van der Waals surface area contributed by atoms with Crippen molar-refractivity contribution in [3.05, 3.63) is 29.6 Å². The lowest BCUT2D eigenvalue weighted by atomic mass is 10.2. The third-order valence-corrected chi connectivity index (χ3v) is 2.14. The fraction of sp³-hybridized carbons (Fsp3) is 0.400. The summed E-state index contributed by atoms with van der Waals surface area (Å²) in [5, 5.41) is 0. The van der Waals surface area contributed by atoms with Crippen molar-refractivity contribution < 1.29 is 0 Å². The largest absolute Gasteiger partial charge is 0.288 e. The van der Waals surface area contributed by atoms with Gasteiger partial charge in [0.15, 0.2) is 0 Å². The molecule has 2 rings (SSSR count). The first kappa shape index (κ1) is 7.47. The normalized spacial score (nSPS) is 18.2. The second-order valence-electron chi connectivity index (χ2n) is 2.93. The second-order valence-corrected chi connectivity index (χ2v) is 2.93. The smallest absolute Gasteiger partial charge is 0.0872 e. The lowest BCUT2D eigenvalue weighted by Crippen LogP contribution is -1.97. The number of nitrogens with zero attached hydrogens (tertiary/aromatic N) is 2. The minimum absolute atomic E-state index is 0.866. The van der Waals surface area contributed by atoms with Gasteiger partial charge in [-0.25, -0.2) is 0 Å². The van der Waals surface area contributed by atoms with Crippen LogP contribution in [0, 0.1) is 0 Å². The third kappa shape index (κ3) is 1.13. The van der Waals surface area contributed by atoms with Crippen LogP contribution in [0.2, 0.25) is 0 Å². The molecule has 1 aliphatic rings. The molecule has 1 aromatic heterocycles. The Bertz CT molecular complexity index is 315. The van der Waals surface area contributed by atoms with E-state index in [-0.39, 0.29) is 0 Å². The van der Waals surface area contributed by atoms with Gasteiger partial charge in [-0.1, -0.05) is 6.07 Å². The van der Waals surface area contributed by atoms with Gasteiger partial charge in [-0.3, -0.25) is 9.98 Å². The Morgan fingerprint density at radius 3 is 3.25 bits per heavy atom. The van der Waals surface area contributed by atoms with E-state index in [4.69, 9.17) is 0 Å². The molecular weight excluding hydrogens is 148 g/mol. The molecule has 0 aliphatic heterocycles. The number of hydrogen-bond donors (Lipinski definition) is 0. The van der Waals surface area contributed by atoms with Crippen molar-refractivity contribution >= 4 is 5.71 Å². The van der Waals surface area contributed by atoms with E-state index in [0.717, 1.165) is 25.1 Å². The standard InChI is InChI=1S/C10H12N2/c1-2-11-9-6-5-8-4-3-7-12-10(8)9/h3-4,7H,2,5-6H2,1H3. The quantitative estimate of drug-likeness (QED) is 0.615. The predicted molar refractivity (Wildman–Crippen MR) is 49.6 cm³/mol. The number of rotatable bonds is 1. The predicted octanol–water partition coefficient (Wildman–Crippen LogP) is 1.84. The minimum Gasteiger partial charge on any atom is -0.288 e. The number of pyridine rings is 1. The highest BCUT2D eigenvalue weighted by Gasteiger charge is 2.17. The van der Waals surface area contributed by atoms with Crippen LogP contribution in [-0.4, -0.2) is 17.2 Å². The van der Waals surface area contributed by atoms with Gasteiger partial charge >= 0.3 is 0 Å². The summed E-state index contributed by atoms with van der Waals surface area (Å²) in [7, 11) is 0. The highest BCUT2D eigenvalue weighted by atomic mass is 14.8. The Kier molecular flexibility index (Phi) is 1.90. The molecule has 0 atom stereocenters. The second kappa shape index (κ2) is 3.05. The molecule has 1 aromatic rings. The number of hydrogen-bond acceptors (Lipinski definition) is 2. The Labute approximate surface area is 72.4 Å². The van der Waals surface area contributed by atoms with Crippen LogP contribution in [0.15, 0.2) is 23.3 Å². The first-order valence-corrected chi connectivity index (χ1v) is 4.39. The molecular formula is C10H12N2. The molecule has 0 aromatic carbocycles. The van der Waals surface area contributed by atoms with Crippen LogP contribution in [0.25, 0.3) is 0 Å². The fourth-order valence-corrected chi connectivity index (χ4v) is 1.62. The van der Waals surface area contributed by atoms with Gasteiger partial charge in [0, 0.05) is 12.7 Å². The molecule has 2 heteroatoms. The van der Waals surface area contributed by atoms with E-state index in [1.165, 1.54) is 11.3 Å². The van der Waals surface area contributed by atoms with Gasteiger partial charge in [0.1, 0.15) is 0 Å². The summed E-state index contributed by atoms with van der Waals surface area (Å²) in [5.41, 5.74) is 3.66. The van der Waals surface area contributed by atoms with Gasteiger partial charge < -0.3 is 0 Å². The molecule has 0 unspecified atom stereocenters. The van der Waals surface area contributed by atoms with Gasteiger partial charge in [0.05, 0.1) is 11.4 Å². The molecule has 1 aliphatic carbocycles. The molecule has 12 heavy (non-hydrogen) atoms. The maximum atomic E-state index is 4.42. The summed E-state index contributed by atoms with van der Waals surface area (Å²) in [6, 6.07) is 4.13. The summed E-state index contributed by atoms with van der Waals surface area (Å²) in [6.07, 6.45) is 4.03. The van der Waals surface area contributed by atoms with Crippen molar-refractivity contribution in [3.8, 4) is 0 Å². The van der Waals surface area contributed by atoms with Gasteiger partial charge in [-0.05, 0) is 31.4 Å². The van der Waals surface area contributed by atoms with Crippen molar-refractivity contribution in [2.75, 3.05) is 6.54 Å². The van der Waals surface area contributed by atoms with Crippen LogP contribution in [0.3, 0.4) is 0 Å². The summed E-state index contributed by atoms with van der Waals surface area (Å²) in [5.74, 6) is 0. The molecule has 0 saturated carbocycles. The molecule has 0 bridgehead atoms. The molecule has 0 N–H and O–H groups in total. The van der Waals surface area contributed by atoms with Gasteiger partial charge in [0.25, 0.3) is 0 Å². The lowest BCUT2D eigenvalue weighted by Gasteiger charge is -1.96. The van der Waals surface area contributed by atoms with Crippen molar-refractivity contribution in [2.24, 2.45) is 4.99 Å². The van der Waals surface area contributed by atoms with Crippen LogP contribution in [-0.2, 0) is 6.42 Å². The van der Waals surface area contributed by atoms with Crippen molar-refractivity contribution in [1.82, 2.24) is 4.98 Å². The highest BCUT2D eigenvalue weighted by molar-refractivity contribution is 6.02. The average molecular weight is 160 g/mol. The molecule has 62 valence electrons. The van der Waals surface area contributed by atoms with Gasteiger partial charge in [0.2, 0.25) is 0 Å².